The molecule has 32 heavy (non-hydrogen) atoms. The zero-order valence-electron chi connectivity index (χ0n) is 17.9. The van der Waals surface area contributed by atoms with Gasteiger partial charge in [0.2, 0.25) is 0 Å². The molecule has 1 aromatic heterocycles. The number of hydrogen-bond acceptors (Lipinski definition) is 6. The van der Waals surface area contributed by atoms with E-state index in [9.17, 15) is 14.7 Å². The van der Waals surface area contributed by atoms with Crippen molar-refractivity contribution in [2.45, 2.75) is 13.0 Å². The molecule has 1 unspecified atom stereocenters. The van der Waals surface area contributed by atoms with Crippen LogP contribution in [-0.2, 0) is 9.59 Å². The average Bonchev–Trinajstić information content (AvgIpc) is 3.09. The maximum Gasteiger partial charge on any atom is 0.300 e. The van der Waals surface area contributed by atoms with Crippen LogP contribution in [0.25, 0.3) is 5.76 Å². The Balaban J connectivity index is 2.00. The summed E-state index contributed by atoms with van der Waals surface area (Å²) in [7, 11) is 2.91. The summed E-state index contributed by atoms with van der Waals surface area (Å²) in [4.78, 5) is 32.0. The monoisotopic (exact) mass is 430 g/mol. The van der Waals surface area contributed by atoms with Gasteiger partial charge in [-0.05, 0) is 42.8 Å². The van der Waals surface area contributed by atoms with Crippen molar-refractivity contribution < 1.29 is 24.2 Å². The maximum atomic E-state index is 13.2. The number of hydrogen-bond donors (Lipinski definition) is 1. The third-order valence-electron chi connectivity index (χ3n) is 5.42. The highest BCUT2D eigenvalue weighted by molar-refractivity contribution is 6.51. The van der Waals surface area contributed by atoms with E-state index in [0.29, 0.717) is 22.7 Å². The van der Waals surface area contributed by atoms with E-state index in [1.165, 1.54) is 19.1 Å². The first-order chi connectivity index (χ1) is 15.5. The van der Waals surface area contributed by atoms with Crippen molar-refractivity contribution in [1.29, 1.82) is 0 Å². The number of pyridine rings is 1. The van der Waals surface area contributed by atoms with Crippen molar-refractivity contribution in [2.24, 2.45) is 0 Å². The number of aromatic nitrogens is 1. The molecule has 0 bridgehead atoms. The fourth-order valence-electron chi connectivity index (χ4n) is 3.88. The van der Waals surface area contributed by atoms with Crippen molar-refractivity contribution in [3.05, 3.63) is 89.3 Å². The summed E-state index contributed by atoms with van der Waals surface area (Å²) in [5.74, 6) is -1.29. The number of rotatable bonds is 5. The van der Waals surface area contributed by atoms with Crippen LogP contribution < -0.4 is 14.4 Å². The Labute approximate surface area is 185 Å². The molecule has 2 heterocycles. The molecule has 0 saturated carbocycles. The number of ether oxygens (including phenoxy) is 2. The van der Waals surface area contributed by atoms with Crippen LogP contribution in [0.1, 0.15) is 22.7 Å². The van der Waals surface area contributed by atoms with Gasteiger partial charge in [-0.1, -0.05) is 29.8 Å². The van der Waals surface area contributed by atoms with Gasteiger partial charge in [0.25, 0.3) is 11.7 Å². The van der Waals surface area contributed by atoms with Crippen LogP contribution in [0.4, 0.5) is 5.69 Å². The lowest BCUT2D eigenvalue weighted by Crippen LogP contribution is -2.29. The molecule has 2 aromatic carbocycles. The minimum atomic E-state index is -0.874. The molecule has 0 spiro atoms. The fourth-order valence-corrected chi connectivity index (χ4v) is 3.88. The van der Waals surface area contributed by atoms with Gasteiger partial charge in [0.05, 0.1) is 25.8 Å². The smallest absolute Gasteiger partial charge is 0.300 e. The van der Waals surface area contributed by atoms with Crippen molar-refractivity contribution in [1.82, 2.24) is 4.98 Å². The molecule has 7 heteroatoms. The largest absolute Gasteiger partial charge is 0.506 e. The minimum absolute atomic E-state index is 0.0635. The number of nitrogens with zero attached hydrogens (tertiary/aromatic N) is 2. The Morgan fingerprint density at radius 3 is 2.19 bits per heavy atom. The van der Waals surface area contributed by atoms with Gasteiger partial charge in [0.1, 0.15) is 22.8 Å². The molecule has 1 amide bonds. The van der Waals surface area contributed by atoms with Crippen LogP contribution in [-0.4, -0.2) is 36.0 Å². The SMILES string of the molecule is COc1cccc(OC)c1/C(O)=C1\C(=O)C(=O)N(c2ccc(C)cc2)C1c1cccnc1. The van der Waals surface area contributed by atoms with E-state index in [2.05, 4.69) is 4.98 Å². The summed E-state index contributed by atoms with van der Waals surface area (Å²) in [5, 5.41) is 11.4. The zero-order chi connectivity index (χ0) is 22.8. The highest BCUT2D eigenvalue weighted by Crippen LogP contribution is 2.44. The van der Waals surface area contributed by atoms with E-state index in [1.807, 2.05) is 19.1 Å². The van der Waals surface area contributed by atoms with Crippen LogP contribution in [0.2, 0.25) is 0 Å². The molecule has 1 saturated heterocycles. The van der Waals surface area contributed by atoms with Gasteiger partial charge in [-0.2, -0.15) is 0 Å². The Morgan fingerprint density at radius 1 is 0.969 bits per heavy atom. The van der Waals surface area contributed by atoms with Gasteiger partial charge < -0.3 is 14.6 Å². The molecule has 1 aliphatic heterocycles. The van der Waals surface area contributed by atoms with Gasteiger partial charge in [0.15, 0.2) is 0 Å². The summed E-state index contributed by atoms with van der Waals surface area (Å²) >= 11 is 0. The number of anilines is 1. The van der Waals surface area contributed by atoms with Gasteiger partial charge >= 0.3 is 0 Å². The molecule has 4 rings (SSSR count). The molecule has 1 fully saturated rings. The fraction of sp³-hybridized carbons (Fsp3) is 0.160. The normalized spacial score (nSPS) is 17.5. The number of methoxy groups -OCH3 is 2. The Morgan fingerprint density at radius 2 is 1.62 bits per heavy atom. The lowest BCUT2D eigenvalue weighted by molar-refractivity contribution is -0.132. The van der Waals surface area contributed by atoms with Gasteiger partial charge in [-0.15, -0.1) is 0 Å². The maximum absolute atomic E-state index is 13.2. The molecule has 1 atom stereocenters. The lowest BCUT2D eigenvalue weighted by atomic mass is 9.95. The summed E-state index contributed by atoms with van der Waals surface area (Å²) < 4.78 is 10.8. The van der Waals surface area contributed by atoms with Crippen LogP contribution >= 0.6 is 0 Å². The molecular formula is C25H22N2O5. The quantitative estimate of drug-likeness (QED) is 0.373. The molecule has 3 aromatic rings. The van der Waals surface area contributed by atoms with E-state index < -0.39 is 17.7 Å². The topological polar surface area (TPSA) is 89.0 Å². The second kappa shape index (κ2) is 8.55. The average molecular weight is 430 g/mol. The van der Waals surface area contributed by atoms with E-state index in [1.54, 1.807) is 54.9 Å². The zero-order valence-corrected chi connectivity index (χ0v) is 17.9. The molecule has 0 aliphatic carbocycles. The van der Waals surface area contributed by atoms with Crippen molar-refractivity contribution in [3.63, 3.8) is 0 Å². The molecule has 0 radical (unpaired) electrons. The molecule has 7 nitrogen and oxygen atoms in total. The number of carbonyl (C=O) groups is 2. The van der Waals surface area contributed by atoms with Crippen LogP contribution in [0.3, 0.4) is 0 Å². The second-order valence-electron chi connectivity index (χ2n) is 7.33. The van der Waals surface area contributed by atoms with E-state index in [-0.39, 0.29) is 16.9 Å². The molecule has 162 valence electrons. The molecular weight excluding hydrogens is 408 g/mol. The summed E-state index contributed by atoms with van der Waals surface area (Å²) in [5.41, 5.74) is 2.28. The number of amides is 1. The minimum Gasteiger partial charge on any atom is -0.506 e. The number of aliphatic hydroxyl groups is 1. The van der Waals surface area contributed by atoms with Crippen molar-refractivity contribution in [2.75, 3.05) is 19.1 Å². The predicted octanol–water partition coefficient (Wildman–Crippen LogP) is 4.03. The molecule has 1 N–H and O–H groups in total. The first-order valence-electron chi connectivity index (χ1n) is 9.97. The van der Waals surface area contributed by atoms with E-state index in [4.69, 9.17) is 9.47 Å². The van der Waals surface area contributed by atoms with Gasteiger partial charge in [0, 0.05) is 18.1 Å². The van der Waals surface area contributed by atoms with E-state index >= 15 is 0 Å². The molecule has 1 aliphatic rings. The van der Waals surface area contributed by atoms with Crippen molar-refractivity contribution >= 4 is 23.1 Å². The first-order valence-corrected chi connectivity index (χ1v) is 9.97. The number of ketones is 1. The van der Waals surface area contributed by atoms with Crippen LogP contribution in [0, 0.1) is 6.92 Å². The van der Waals surface area contributed by atoms with E-state index in [0.717, 1.165) is 5.56 Å². The number of Topliss-reactive ketones (excluding diaryl/α,β-unsaturated/α-hetero) is 1. The number of carbonyl (C=O) groups excluding carboxylic acids is 2. The highest BCUT2D eigenvalue weighted by atomic mass is 16.5. The van der Waals surface area contributed by atoms with Crippen LogP contribution in [0.15, 0.2) is 72.6 Å². The Bertz CT molecular complexity index is 1180. The Hall–Kier alpha value is -4.13. The predicted molar refractivity (Wildman–Crippen MR) is 120 cm³/mol. The third-order valence-corrected chi connectivity index (χ3v) is 5.42. The third kappa shape index (κ3) is 3.47. The lowest BCUT2D eigenvalue weighted by Gasteiger charge is -2.25. The van der Waals surface area contributed by atoms with Crippen LogP contribution in [0.5, 0.6) is 11.5 Å². The van der Waals surface area contributed by atoms with Gasteiger partial charge in [-0.3, -0.25) is 19.5 Å². The number of aliphatic hydroxyl groups excluding tert-OH is 1. The summed E-state index contributed by atoms with van der Waals surface area (Å²) in [6.07, 6.45) is 3.18. The standard InChI is InChI=1S/C25H22N2O5/c1-15-9-11-17(12-10-15)27-22(16-6-5-13-26-14-16)21(24(29)25(27)30)23(28)20-18(31-2)7-4-8-19(20)32-3/h4-14,22,28H,1-3H3/b23-21+. The van der Waals surface area contributed by atoms with Gasteiger partial charge in [-0.25, -0.2) is 0 Å². The number of benzene rings is 2. The Kier molecular flexibility index (Phi) is 5.64. The van der Waals surface area contributed by atoms with Crippen molar-refractivity contribution in [3.8, 4) is 11.5 Å². The first kappa shape index (κ1) is 21.1. The number of aryl methyl sites for hydroxylation is 1. The highest BCUT2D eigenvalue weighted by Gasteiger charge is 2.47. The second-order valence-corrected chi connectivity index (χ2v) is 7.33. The summed E-state index contributed by atoms with van der Waals surface area (Å²) in [6.45, 7) is 1.93. The summed E-state index contributed by atoms with van der Waals surface area (Å²) in [6, 6.07) is 14.9.